The van der Waals surface area contributed by atoms with Gasteiger partial charge in [0.05, 0.1) is 18.3 Å². The SMILES string of the molecule is Cc1[nH]ncc1-c1cc(NCCC(=O)O)nc(-c2ccccn2)n1. The van der Waals surface area contributed by atoms with Crippen LogP contribution in [0.4, 0.5) is 5.82 Å². The molecule has 0 aliphatic rings. The van der Waals surface area contributed by atoms with Crippen molar-refractivity contribution in [3.63, 3.8) is 0 Å². The standard InChI is InChI=1S/C16H16N6O2/c1-10-11(9-19-22-10)13-8-14(18-7-5-15(23)24)21-16(20-13)12-4-2-3-6-17-12/h2-4,6,8-9H,5,7H2,1H3,(H,19,22)(H,23,24)(H,18,20,21). The van der Waals surface area contributed by atoms with Gasteiger partial charge in [-0.3, -0.25) is 14.9 Å². The number of aryl methyl sites for hydroxylation is 1. The number of hydrogen-bond acceptors (Lipinski definition) is 6. The Balaban J connectivity index is 1.99. The van der Waals surface area contributed by atoms with Crippen molar-refractivity contribution in [1.82, 2.24) is 25.1 Å². The molecule has 3 N–H and O–H groups in total. The number of anilines is 1. The van der Waals surface area contributed by atoms with Gasteiger partial charge in [0, 0.05) is 30.1 Å². The van der Waals surface area contributed by atoms with E-state index in [-0.39, 0.29) is 13.0 Å². The van der Waals surface area contributed by atoms with Gasteiger partial charge in [-0.2, -0.15) is 5.10 Å². The lowest BCUT2D eigenvalue weighted by Gasteiger charge is -2.09. The third kappa shape index (κ3) is 3.54. The second kappa shape index (κ2) is 6.86. The van der Waals surface area contributed by atoms with Crippen molar-refractivity contribution in [2.45, 2.75) is 13.3 Å². The number of carboxylic acid groups (broad SMARTS) is 1. The molecule has 3 aromatic heterocycles. The fourth-order valence-corrected chi connectivity index (χ4v) is 2.19. The topological polar surface area (TPSA) is 117 Å². The van der Waals surface area contributed by atoms with Gasteiger partial charge in [-0.25, -0.2) is 9.97 Å². The van der Waals surface area contributed by atoms with Crippen molar-refractivity contribution in [2.75, 3.05) is 11.9 Å². The molecule has 122 valence electrons. The molecule has 0 aromatic carbocycles. The summed E-state index contributed by atoms with van der Waals surface area (Å²) in [5.41, 5.74) is 3.07. The van der Waals surface area contributed by atoms with E-state index < -0.39 is 5.97 Å². The third-order valence-corrected chi connectivity index (χ3v) is 3.37. The second-order valence-electron chi connectivity index (χ2n) is 5.16. The average molecular weight is 324 g/mol. The van der Waals surface area contributed by atoms with Gasteiger partial charge >= 0.3 is 5.97 Å². The van der Waals surface area contributed by atoms with Gasteiger partial charge in [-0.05, 0) is 19.1 Å². The number of H-pyrrole nitrogens is 1. The lowest BCUT2D eigenvalue weighted by Crippen LogP contribution is -2.09. The molecular weight excluding hydrogens is 308 g/mol. The molecule has 0 fully saturated rings. The van der Waals surface area contributed by atoms with Crippen molar-refractivity contribution in [3.8, 4) is 22.8 Å². The molecule has 3 heterocycles. The molecule has 3 rings (SSSR count). The molecule has 0 aliphatic heterocycles. The first-order valence-electron chi connectivity index (χ1n) is 7.40. The van der Waals surface area contributed by atoms with Gasteiger partial charge in [-0.15, -0.1) is 0 Å². The highest BCUT2D eigenvalue weighted by Gasteiger charge is 2.12. The van der Waals surface area contributed by atoms with E-state index in [2.05, 4.69) is 30.5 Å². The van der Waals surface area contributed by atoms with Crippen LogP contribution < -0.4 is 5.32 Å². The number of carbonyl (C=O) groups is 1. The van der Waals surface area contributed by atoms with E-state index in [0.717, 1.165) is 11.3 Å². The van der Waals surface area contributed by atoms with E-state index in [0.29, 0.717) is 23.0 Å². The summed E-state index contributed by atoms with van der Waals surface area (Å²) in [4.78, 5) is 23.9. The lowest BCUT2D eigenvalue weighted by atomic mass is 10.2. The Hall–Kier alpha value is -3.29. The maximum Gasteiger partial charge on any atom is 0.305 e. The maximum absolute atomic E-state index is 10.7. The number of carboxylic acids is 1. The van der Waals surface area contributed by atoms with Crippen molar-refractivity contribution in [1.29, 1.82) is 0 Å². The largest absolute Gasteiger partial charge is 0.481 e. The second-order valence-corrected chi connectivity index (χ2v) is 5.16. The Morgan fingerprint density at radius 2 is 2.17 bits per heavy atom. The van der Waals surface area contributed by atoms with Crippen LogP contribution in [0.15, 0.2) is 36.7 Å². The monoisotopic (exact) mass is 324 g/mol. The van der Waals surface area contributed by atoms with Crippen molar-refractivity contribution < 1.29 is 9.90 Å². The van der Waals surface area contributed by atoms with Crippen molar-refractivity contribution >= 4 is 11.8 Å². The predicted molar refractivity (Wildman–Crippen MR) is 88.3 cm³/mol. The van der Waals surface area contributed by atoms with Crippen LogP contribution in [0.3, 0.4) is 0 Å². The molecule has 0 saturated heterocycles. The van der Waals surface area contributed by atoms with E-state index in [1.807, 2.05) is 25.1 Å². The van der Waals surface area contributed by atoms with Crippen LogP contribution in [0.1, 0.15) is 12.1 Å². The minimum absolute atomic E-state index is 0.00297. The summed E-state index contributed by atoms with van der Waals surface area (Å²) >= 11 is 0. The molecule has 0 spiro atoms. The van der Waals surface area contributed by atoms with Crippen LogP contribution in [0.2, 0.25) is 0 Å². The molecule has 8 heteroatoms. The van der Waals surface area contributed by atoms with E-state index in [4.69, 9.17) is 5.11 Å². The quantitative estimate of drug-likeness (QED) is 0.636. The number of aromatic amines is 1. The van der Waals surface area contributed by atoms with Gasteiger partial charge in [0.25, 0.3) is 0 Å². The summed E-state index contributed by atoms with van der Waals surface area (Å²) in [6, 6.07) is 7.27. The summed E-state index contributed by atoms with van der Waals surface area (Å²) in [7, 11) is 0. The lowest BCUT2D eigenvalue weighted by molar-refractivity contribution is -0.136. The highest BCUT2D eigenvalue weighted by molar-refractivity contribution is 5.69. The molecule has 3 aromatic rings. The first-order chi connectivity index (χ1) is 11.6. The molecule has 0 unspecified atom stereocenters. The molecule has 0 saturated carbocycles. The van der Waals surface area contributed by atoms with E-state index in [1.165, 1.54) is 0 Å². The number of nitrogens with zero attached hydrogens (tertiary/aromatic N) is 4. The first kappa shape index (κ1) is 15.6. The number of nitrogens with one attached hydrogen (secondary N) is 2. The summed E-state index contributed by atoms with van der Waals surface area (Å²) in [6.45, 7) is 2.18. The normalized spacial score (nSPS) is 10.5. The van der Waals surface area contributed by atoms with Crippen LogP contribution in [0.5, 0.6) is 0 Å². The minimum Gasteiger partial charge on any atom is -0.481 e. The molecular formula is C16H16N6O2. The van der Waals surface area contributed by atoms with Crippen molar-refractivity contribution in [2.24, 2.45) is 0 Å². The number of rotatable bonds is 6. The Labute approximate surface area is 138 Å². The van der Waals surface area contributed by atoms with Gasteiger partial charge in [0.15, 0.2) is 5.82 Å². The van der Waals surface area contributed by atoms with Crippen LogP contribution >= 0.6 is 0 Å². The van der Waals surface area contributed by atoms with Gasteiger partial charge in [0.2, 0.25) is 0 Å². The van der Waals surface area contributed by atoms with E-state index in [9.17, 15) is 4.79 Å². The zero-order chi connectivity index (χ0) is 16.9. The van der Waals surface area contributed by atoms with Crippen LogP contribution in [-0.2, 0) is 4.79 Å². The van der Waals surface area contributed by atoms with Crippen LogP contribution in [0, 0.1) is 6.92 Å². The van der Waals surface area contributed by atoms with Gasteiger partial charge in [0.1, 0.15) is 11.5 Å². The fraction of sp³-hybridized carbons (Fsp3) is 0.188. The average Bonchev–Trinajstić information content (AvgIpc) is 3.01. The number of aliphatic carboxylic acids is 1. The fourth-order valence-electron chi connectivity index (χ4n) is 2.19. The molecule has 8 nitrogen and oxygen atoms in total. The Kier molecular flexibility index (Phi) is 4.46. The van der Waals surface area contributed by atoms with E-state index in [1.54, 1.807) is 18.5 Å². The summed E-state index contributed by atoms with van der Waals surface area (Å²) < 4.78 is 0. The maximum atomic E-state index is 10.7. The molecule has 0 amide bonds. The summed E-state index contributed by atoms with van der Waals surface area (Å²) in [5, 5.41) is 18.7. The number of pyridine rings is 1. The summed E-state index contributed by atoms with van der Waals surface area (Å²) in [5.74, 6) is 0.140. The van der Waals surface area contributed by atoms with Crippen molar-refractivity contribution in [3.05, 3.63) is 42.4 Å². The summed E-state index contributed by atoms with van der Waals surface area (Å²) in [6.07, 6.45) is 3.37. The number of hydrogen-bond donors (Lipinski definition) is 3. The Morgan fingerprint density at radius 3 is 2.83 bits per heavy atom. The van der Waals surface area contributed by atoms with Gasteiger partial charge < -0.3 is 10.4 Å². The zero-order valence-corrected chi connectivity index (χ0v) is 13.0. The van der Waals surface area contributed by atoms with Gasteiger partial charge in [-0.1, -0.05) is 6.07 Å². The van der Waals surface area contributed by atoms with Crippen LogP contribution in [-0.4, -0.2) is 42.8 Å². The highest BCUT2D eigenvalue weighted by atomic mass is 16.4. The minimum atomic E-state index is -0.868. The van der Waals surface area contributed by atoms with Crippen LogP contribution in [0.25, 0.3) is 22.8 Å². The zero-order valence-electron chi connectivity index (χ0n) is 13.0. The molecule has 0 atom stereocenters. The molecule has 0 radical (unpaired) electrons. The Bertz CT molecular complexity index is 847. The smallest absolute Gasteiger partial charge is 0.305 e. The third-order valence-electron chi connectivity index (χ3n) is 3.37. The first-order valence-corrected chi connectivity index (χ1v) is 7.40. The molecule has 24 heavy (non-hydrogen) atoms. The predicted octanol–water partition coefficient (Wildman–Crippen LogP) is 2.12. The molecule has 0 aliphatic carbocycles. The number of aromatic nitrogens is 5. The highest BCUT2D eigenvalue weighted by Crippen LogP contribution is 2.24. The Morgan fingerprint density at radius 1 is 1.29 bits per heavy atom. The molecule has 0 bridgehead atoms. The van der Waals surface area contributed by atoms with E-state index >= 15 is 0 Å².